The summed E-state index contributed by atoms with van der Waals surface area (Å²) >= 11 is 0. The van der Waals surface area contributed by atoms with Crippen LogP contribution in [-0.2, 0) is 23.8 Å². The van der Waals surface area contributed by atoms with Gasteiger partial charge in [0.15, 0.2) is 0 Å². The zero-order valence-electron chi connectivity index (χ0n) is 12.7. The molecule has 0 bridgehead atoms. The van der Waals surface area contributed by atoms with Crippen LogP contribution in [0.15, 0.2) is 22.5 Å². The van der Waals surface area contributed by atoms with Gasteiger partial charge in [0, 0.05) is 25.8 Å². The highest BCUT2D eigenvalue weighted by atomic mass is 16.7. The summed E-state index contributed by atoms with van der Waals surface area (Å²) in [6.07, 6.45) is 3.76. The first-order chi connectivity index (χ1) is 9.87. The fourth-order valence-electron chi connectivity index (χ4n) is 3.25. The lowest BCUT2D eigenvalue weighted by Crippen LogP contribution is -2.37. The van der Waals surface area contributed by atoms with E-state index in [9.17, 15) is 9.59 Å². The summed E-state index contributed by atoms with van der Waals surface area (Å²) < 4.78 is 16.3. The standard InChI is InChI=1S/C16H20O5/c1-9-12(15(18)21-16(2,3)20-9)8-13-10-6-4-5-7-11(10)14(17)19-13/h13H,4-8H2,1-3H3. The van der Waals surface area contributed by atoms with Crippen molar-refractivity contribution in [3.8, 4) is 0 Å². The van der Waals surface area contributed by atoms with E-state index in [0.717, 1.165) is 36.8 Å². The van der Waals surface area contributed by atoms with E-state index < -0.39 is 5.79 Å². The van der Waals surface area contributed by atoms with E-state index in [1.807, 2.05) is 0 Å². The average molecular weight is 292 g/mol. The van der Waals surface area contributed by atoms with E-state index in [1.165, 1.54) is 0 Å². The van der Waals surface area contributed by atoms with Crippen LogP contribution < -0.4 is 0 Å². The molecule has 114 valence electrons. The van der Waals surface area contributed by atoms with Gasteiger partial charge < -0.3 is 14.2 Å². The van der Waals surface area contributed by atoms with E-state index in [4.69, 9.17) is 14.2 Å². The minimum Gasteiger partial charge on any atom is -0.457 e. The van der Waals surface area contributed by atoms with Crippen molar-refractivity contribution >= 4 is 11.9 Å². The van der Waals surface area contributed by atoms with Crippen molar-refractivity contribution in [1.29, 1.82) is 0 Å². The molecule has 1 unspecified atom stereocenters. The maximum absolute atomic E-state index is 12.1. The van der Waals surface area contributed by atoms with E-state index in [-0.39, 0.29) is 18.0 Å². The Morgan fingerprint density at radius 3 is 2.52 bits per heavy atom. The molecule has 1 aliphatic carbocycles. The molecule has 0 saturated heterocycles. The summed E-state index contributed by atoms with van der Waals surface area (Å²) in [4.78, 5) is 24.0. The molecule has 0 amide bonds. The topological polar surface area (TPSA) is 61.8 Å². The summed E-state index contributed by atoms with van der Waals surface area (Å²) in [5.74, 6) is -0.994. The van der Waals surface area contributed by atoms with Gasteiger partial charge in [-0.15, -0.1) is 0 Å². The molecule has 0 fully saturated rings. The first kappa shape index (κ1) is 14.2. The van der Waals surface area contributed by atoms with Crippen LogP contribution >= 0.6 is 0 Å². The highest BCUT2D eigenvalue weighted by molar-refractivity contribution is 5.93. The number of carbonyl (C=O) groups is 2. The smallest absolute Gasteiger partial charge is 0.340 e. The monoisotopic (exact) mass is 292 g/mol. The van der Waals surface area contributed by atoms with Crippen molar-refractivity contribution < 1.29 is 23.8 Å². The molecule has 5 nitrogen and oxygen atoms in total. The summed E-state index contributed by atoms with van der Waals surface area (Å²) in [5, 5.41) is 0. The molecule has 21 heavy (non-hydrogen) atoms. The number of rotatable bonds is 2. The van der Waals surface area contributed by atoms with Gasteiger partial charge in [0.1, 0.15) is 11.9 Å². The number of hydrogen-bond donors (Lipinski definition) is 0. The summed E-state index contributed by atoms with van der Waals surface area (Å²) in [6.45, 7) is 5.15. The predicted molar refractivity (Wildman–Crippen MR) is 73.9 cm³/mol. The largest absolute Gasteiger partial charge is 0.457 e. The number of ether oxygens (including phenoxy) is 3. The van der Waals surface area contributed by atoms with Crippen LogP contribution in [0.4, 0.5) is 0 Å². The molecular weight excluding hydrogens is 272 g/mol. The predicted octanol–water partition coefficient (Wildman–Crippen LogP) is 2.76. The zero-order valence-corrected chi connectivity index (χ0v) is 12.7. The van der Waals surface area contributed by atoms with Gasteiger partial charge in [0.2, 0.25) is 5.79 Å². The third-order valence-electron chi connectivity index (χ3n) is 4.19. The second-order valence-electron chi connectivity index (χ2n) is 6.24. The Kier molecular flexibility index (Phi) is 3.30. The minimum atomic E-state index is -0.938. The first-order valence-corrected chi connectivity index (χ1v) is 7.42. The van der Waals surface area contributed by atoms with Gasteiger partial charge in [-0.25, -0.2) is 9.59 Å². The third kappa shape index (κ3) is 2.57. The minimum absolute atomic E-state index is 0.224. The Balaban J connectivity index is 1.83. The van der Waals surface area contributed by atoms with Crippen molar-refractivity contribution in [3.63, 3.8) is 0 Å². The summed E-state index contributed by atoms with van der Waals surface area (Å²) in [7, 11) is 0. The Hall–Kier alpha value is -1.78. The second kappa shape index (κ2) is 4.90. The molecule has 3 aliphatic rings. The maximum atomic E-state index is 12.1. The van der Waals surface area contributed by atoms with Crippen LogP contribution in [0.2, 0.25) is 0 Å². The van der Waals surface area contributed by atoms with Crippen LogP contribution in [-0.4, -0.2) is 23.8 Å². The molecule has 0 aromatic carbocycles. The fourth-order valence-corrected chi connectivity index (χ4v) is 3.25. The Morgan fingerprint density at radius 2 is 1.81 bits per heavy atom. The molecule has 0 saturated carbocycles. The molecule has 0 aromatic rings. The van der Waals surface area contributed by atoms with Crippen molar-refractivity contribution in [3.05, 3.63) is 22.5 Å². The molecule has 5 heteroatoms. The number of allylic oxidation sites excluding steroid dienone is 1. The summed E-state index contributed by atoms with van der Waals surface area (Å²) in [5.41, 5.74) is 2.34. The molecule has 0 N–H and O–H groups in total. The van der Waals surface area contributed by atoms with Gasteiger partial charge in [-0.05, 0) is 38.2 Å². The van der Waals surface area contributed by atoms with E-state index in [0.29, 0.717) is 17.8 Å². The van der Waals surface area contributed by atoms with Gasteiger partial charge in [-0.2, -0.15) is 0 Å². The number of cyclic esters (lactones) is 2. The second-order valence-corrected chi connectivity index (χ2v) is 6.24. The molecule has 0 aromatic heterocycles. The van der Waals surface area contributed by atoms with Crippen molar-refractivity contribution in [2.24, 2.45) is 0 Å². The molecule has 0 radical (unpaired) electrons. The van der Waals surface area contributed by atoms with Gasteiger partial charge >= 0.3 is 11.9 Å². The Bertz CT molecular complexity index is 567. The maximum Gasteiger partial charge on any atom is 0.340 e. The number of hydrogen-bond acceptors (Lipinski definition) is 5. The lowest BCUT2D eigenvalue weighted by atomic mass is 9.88. The van der Waals surface area contributed by atoms with E-state index in [2.05, 4.69) is 0 Å². The first-order valence-electron chi connectivity index (χ1n) is 7.42. The molecule has 0 spiro atoms. The van der Waals surface area contributed by atoms with Crippen LogP contribution in [0, 0.1) is 0 Å². The van der Waals surface area contributed by atoms with Gasteiger partial charge in [0.25, 0.3) is 0 Å². The molecule has 2 heterocycles. The van der Waals surface area contributed by atoms with Gasteiger partial charge in [-0.1, -0.05) is 0 Å². The number of carbonyl (C=O) groups excluding carboxylic acids is 2. The quantitative estimate of drug-likeness (QED) is 0.732. The normalized spacial score (nSPS) is 28.0. The van der Waals surface area contributed by atoms with Crippen molar-refractivity contribution in [2.75, 3.05) is 0 Å². The Labute approximate surface area is 123 Å². The highest BCUT2D eigenvalue weighted by Crippen LogP contribution is 2.38. The van der Waals surface area contributed by atoms with Crippen LogP contribution in [0.25, 0.3) is 0 Å². The SMILES string of the molecule is CC1=C(CC2OC(=O)C3=C2CCCC3)C(=O)OC(C)(C)O1. The van der Waals surface area contributed by atoms with E-state index in [1.54, 1.807) is 20.8 Å². The zero-order chi connectivity index (χ0) is 15.2. The Morgan fingerprint density at radius 1 is 1.10 bits per heavy atom. The lowest BCUT2D eigenvalue weighted by molar-refractivity contribution is -0.208. The van der Waals surface area contributed by atoms with Crippen molar-refractivity contribution in [2.45, 2.75) is 64.8 Å². The third-order valence-corrected chi connectivity index (χ3v) is 4.19. The van der Waals surface area contributed by atoms with Gasteiger partial charge in [0.05, 0.1) is 5.57 Å². The molecule has 1 atom stereocenters. The fraction of sp³-hybridized carbons (Fsp3) is 0.625. The highest BCUT2D eigenvalue weighted by Gasteiger charge is 2.40. The lowest BCUT2D eigenvalue weighted by Gasteiger charge is -2.33. The van der Waals surface area contributed by atoms with Crippen LogP contribution in [0.1, 0.15) is 52.9 Å². The van der Waals surface area contributed by atoms with Crippen LogP contribution in [0.3, 0.4) is 0 Å². The molecular formula is C16H20O5. The molecule has 3 rings (SSSR count). The van der Waals surface area contributed by atoms with Gasteiger partial charge in [-0.3, -0.25) is 0 Å². The number of esters is 2. The van der Waals surface area contributed by atoms with E-state index >= 15 is 0 Å². The molecule has 2 aliphatic heterocycles. The van der Waals surface area contributed by atoms with Crippen molar-refractivity contribution in [1.82, 2.24) is 0 Å². The average Bonchev–Trinajstić information content (AvgIpc) is 2.70. The summed E-state index contributed by atoms with van der Waals surface area (Å²) in [6, 6.07) is 0. The van der Waals surface area contributed by atoms with Crippen LogP contribution in [0.5, 0.6) is 0 Å².